The molecule has 0 spiro atoms. The fraction of sp³-hybridized carbons (Fsp3) is 0.278. The fourth-order valence-corrected chi connectivity index (χ4v) is 2.40. The Kier molecular flexibility index (Phi) is 6.84. The number of nitrogens with one attached hydrogen (secondary N) is 1. The number of hydrogen-bond acceptors (Lipinski definition) is 4. The van der Waals surface area contributed by atoms with Crippen LogP contribution >= 0.6 is 24.0 Å². The van der Waals surface area contributed by atoms with Crippen LogP contribution in [0, 0.1) is 5.82 Å². The number of halogens is 2. The molecule has 128 valence electrons. The van der Waals surface area contributed by atoms with Gasteiger partial charge in [0.15, 0.2) is 5.96 Å². The van der Waals surface area contributed by atoms with Crippen molar-refractivity contribution in [3.63, 3.8) is 0 Å². The molecule has 1 heterocycles. The van der Waals surface area contributed by atoms with Gasteiger partial charge in [-0.25, -0.2) is 4.39 Å². The molecule has 0 atom stereocenters. The van der Waals surface area contributed by atoms with Crippen LogP contribution in [0.15, 0.2) is 53.5 Å². The molecule has 0 amide bonds. The van der Waals surface area contributed by atoms with Crippen LogP contribution in [0.4, 0.5) is 4.39 Å². The van der Waals surface area contributed by atoms with Gasteiger partial charge in [-0.2, -0.15) is 0 Å². The van der Waals surface area contributed by atoms with Crippen LogP contribution in [-0.2, 0) is 13.2 Å². The van der Waals surface area contributed by atoms with Crippen LogP contribution in [0.2, 0.25) is 0 Å². The van der Waals surface area contributed by atoms with Crippen LogP contribution in [0.5, 0.6) is 5.75 Å². The quantitative estimate of drug-likeness (QED) is 0.723. The Morgan fingerprint density at radius 1 is 1.17 bits per heavy atom. The minimum absolute atomic E-state index is 0. The number of ether oxygens (including phenoxy) is 1. The Morgan fingerprint density at radius 3 is 2.62 bits per heavy atom. The molecule has 1 N–H and O–H groups in total. The number of hydrogen-bond donors (Lipinski definition) is 1. The smallest absolute Gasteiger partial charge is 0.194 e. The maximum absolute atomic E-state index is 13.1. The number of nitrogens with zero attached hydrogens (tertiary/aromatic N) is 2. The summed E-state index contributed by atoms with van der Waals surface area (Å²) in [6.07, 6.45) is 0. The number of benzene rings is 2. The highest BCUT2D eigenvalue weighted by Gasteiger charge is 2.11. The van der Waals surface area contributed by atoms with Crippen molar-refractivity contribution in [3.05, 3.63) is 65.5 Å². The maximum Gasteiger partial charge on any atom is 0.194 e. The lowest BCUT2D eigenvalue weighted by molar-refractivity contribution is 0.305. The summed E-state index contributed by atoms with van der Waals surface area (Å²) >= 11 is 0. The van der Waals surface area contributed by atoms with Gasteiger partial charge in [-0.05, 0) is 35.4 Å². The number of likely N-dealkylation sites (N-methyl/N-ethyl adjacent to an activating group) is 1. The molecule has 0 saturated carbocycles. The molecular formula is C18H21FIN3O. The van der Waals surface area contributed by atoms with Gasteiger partial charge >= 0.3 is 0 Å². The van der Waals surface area contributed by atoms with E-state index in [0.29, 0.717) is 6.61 Å². The standard InChI is InChI=1S/C18H20FN3O.HI/c1-22-10-9-20-18(22)21-12-14-5-7-17(8-6-14)23-13-15-3-2-4-16(19)11-15;/h2-8,11H,9-10,12-13H2,1H3,(H,20,21);1H. The summed E-state index contributed by atoms with van der Waals surface area (Å²) in [6, 6.07) is 14.3. The Labute approximate surface area is 158 Å². The van der Waals surface area contributed by atoms with Gasteiger partial charge in [0.1, 0.15) is 18.2 Å². The van der Waals surface area contributed by atoms with E-state index in [9.17, 15) is 4.39 Å². The predicted octanol–water partition coefficient (Wildman–Crippen LogP) is 3.41. The summed E-state index contributed by atoms with van der Waals surface area (Å²) < 4.78 is 18.8. The van der Waals surface area contributed by atoms with Crippen molar-refractivity contribution in [2.45, 2.75) is 13.2 Å². The molecule has 2 aromatic rings. The van der Waals surface area contributed by atoms with Gasteiger partial charge in [-0.1, -0.05) is 24.3 Å². The van der Waals surface area contributed by atoms with E-state index in [1.54, 1.807) is 6.07 Å². The van der Waals surface area contributed by atoms with Gasteiger partial charge < -0.3 is 15.0 Å². The van der Waals surface area contributed by atoms with Gasteiger partial charge in [0.25, 0.3) is 0 Å². The monoisotopic (exact) mass is 441 g/mol. The van der Waals surface area contributed by atoms with Crippen molar-refractivity contribution >= 4 is 29.9 Å². The van der Waals surface area contributed by atoms with Crippen LogP contribution in [-0.4, -0.2) is 31.0 Å². The zero-order valence-corrected chi connectivity index (χ0v) is 15.9. The van der Waals surface area contributed by atoms with E-state index in [1.807, 2.05) is 37.4 Å². The third-order valence-electron chi connectivity index (χ3n) is 3.73. The summed E-state index contributed by atoms with van der Waals surface area (Å²) in [6.45, 7) is 2.91. The van der Waals surface area contributed by atoms with E-state index in [2.05, 4.69) is 15.2 Å². The van der Waals surface area contributed by atoms with Crippen molar-refractivity contribution in [2.75, 3.05) is 20.1 Å². The third kappa shape index (κ3) is 5.09. The number of aliphatic imine (C=N–C) groups is 1. The second kappa shape index (κ2) is 8.86. The Morgan fingerprint density at radius 2 is 1.96 bits per heavy atom. The zero-order chi connectivity index (χ0) is 16.1. The SMILES string of the molecule is CN1CCN=C1NCc1ccc(OCc2cccc(F)c2)cc1.I. The summed E-state index contributed by atoms with van der Waals surface area (Å²) in [4.78, 5) is 6.50. The van der Waals surface area contributed by atoms with Crippen LogP contribution in [0.1, 0.15) is 11.1 Å². The van der Waals surface area contributed by atoms with Gasteiger partial charge in [-0.15, -0.1) is 24.0 Å². The summed E-state index contributed by atoms with van der Waals surface area (Å²) in [7, 11) is 2.03. The first-order valence-electron chi connectivity index (χ1n) is 7.66. The molecule has 0 radical (unpaired) electrons. The maximum atomic E-state index is 13.1. The van der Waals surface area contributed by atoms with E-state index < -0.39 is 0 Å². The van der Waals surface area contributed by atoms with E-state index in [1.165, 1.54) is 12.1 Å². The molecule has 3 rings (SSSR count). The minimum atomic E-state index is -0.243. The third-order valence-corrected chi connectivity index (χ3v) is 3.73. The lowest BCUT2D eigenvalue weighted by atomic mass is 10.2. The lowest BCUT2D eigenvalue weighted by Gasteiger charge is -2.15. The topological polar surface area (TPSA) is 36.9 Å². The Bertz CT molecular complexity index is 691. The molecule has 0 aliphatic carbocycles. The average molecular weight is 441 g/mol. The fourth-order valence-electron chi connectivity index (χ4n) is 2.40. The molecule has 0 saturated heterocycles. The molecule has 24 heavy (non-hydrogen) atoms. The highest BCUT2D eigenvalue weighted by atomic mass is 127. The summed E-state index contributed by atoms with van der Waals surface area (Å²) in [5, 5.41) is 3.32. The first-order valence-corrected chi connectivity index (χ1v) is 7.66. The molecule has 1 aliphatic rings. The van der Waals surface area contributed by atoms with Crippen molar-refractivity contribution < 1.29 is 9.13 Å². The first kappa shape index (κ1) is 18.5. The molecule has 0 fully saturated rings. The summed E-state index contributed by atoms with van der Waals surface area (Å²) in [5.74, 6) is 1.47. The van der Waals surface area contributed by atoms with E-state index >= 15 is 0 Å². The van der Waals surface area contributed by atoms with Crippen molar-refractivity contribution in [3.8, 4) is 5.75 Å². The number of rotatable bonds is 5. The van der Waals surface area contributed by atoms with Crippen molar-refractivity contribution in [1.82, 2.24) is 10.2 Å². The average Bonchev–Trinajstić information content (AvgIpc) is 2.97. The van der Waals surface area contributed by atoms with E-state index in [0.717, 1.165) is 42.5 Å². The largest absolute Gasteiger partial charge is 0.489 e. The van der Waals surface area contributed by atoms with E-state index in [-0.39, 0.29) is 29.8 Å². The van der Waals surface area contributed by atoms with E-state index in [4.69, 9.17) is 4.74 Å². The summed E-state index contributed by atoms with van der Waals surface area (Å²) in [5.41, 5.74) is 1.98. The van der Waals surface area contributed by atoms with Gasteiger partial charge in [0.05, 0.1) is 6.54 Å². The first-order chi connectivity index (χ1) is 11.2. The van der Waals surface area contributed by atoms with Crippen LogP contribution in [0.3, 0.4) is 0 Å². The second-order valence-corrected chi connectivity index (χ2v) is 5.54. The van der Waals surface area contributed by atoms with Crippen LogP contribution < -0.4 is 10.1 Å². The molecule has 2 aromatic carbocycles. The van der Waals surface area contributed by atoms with Gasteiger partial charge in [0, 0.05) is 20.1 Å². The molecule has 1 aliphatic heterocycles. The molecular weight excluding hydrogens is 420 g/mol. The Balaban J connectivity index is 0.00000208. The van der Waals surface area contributed by atoms with Gasteiger partial charge in [0.2, 0.25) is 0 Å². The number of guanidine groups is 1. The highest BCUT2D eigenvalue weighted by Crippen LogP contribution is 2.15. The van der Waals surface area contributed by atoms with Crippen molar-refractivity contribution in [1.29, 1.82) is 0 Å². The molecule has 6 heteroatoms. The minimum Gasteiger partial charge on any atom is -0.489 e. The Hall–Kier alpha value is -1.83. The van der Waals surface area contributed by atoms with Crippen molar-refractivity contribution in [2.24, 2.45) is 4.99 Å². The van der Waals surface area contributed by atoms with Gasteiger partial charge in [-0.3, -0.25) is 4.99 Å². The highest BCUT2D eigenvalue weighted by molar-refractivity contribution is 14.0. The molecule has 4 nitrogen and oxygen atoms in total. The second-order valence-electron chi connectivity index (χ2n) is 5.54. The normalized spacial score (nSPS) is 13.2. The molecule has 0 bridgehead atoms. The van der Waals surface area contributed by atoms with Crippen LogP contribution in [0.25, 0.3) is 0 Å². The molecule has 0 aromatic heterocycles. The predicted molar refractivity (Wildman–Crippen MR) is 104 cm³/mol. The molecule has 0 unspecified atom stereocenters. The zero-order valence-electron chi connectivity index (χ0n) is 13.5. The lowest BCUT2D eigenvalue weighted by Crippen LogP contribution is -2.35.